The normalized spacial score (nSPS) is 19.0. The predicted molar refractivity (Wildman–Crippen MR) is 106 cm³/mol. The number of pyridine rings is 1. The molecular weight excluding hydrogens is 378 g/mol. The van der Waals surface area contributed by atoms with Crippen LogP contribution in [0.5, 0.6) is 0 Å². The summed E-state index contributed by atoms with van der Waals surface area (Å²) >= 11 is 5.98. The molecule has 1 aromatic carbocycles. The number of hydrogen-bond acceptors (Lipinski definition) is 5. The monoisotopic (exact) mass is 397 g/mol. The summed E-state index contributed by atoms with van der Waals surface area (Å²) in [5.41, 5.74) is 2.47. The lowest BCUT2D eigenvalue weighted by atomic mass is 9.98. The summed E-state index contributed by atoms with van der Waals surface area (Å²) in [7, 11) is 0. The molecule has 7 nitrogen and oxygen atoms in total. The van der Waals surface area contributed by atoms with Crippen molar-refractivity contribution in [1.82, 2.24) is 20.0 Å². The number of likely N-dealkylation sites (tertiary alicyclic amines) is 1. The van der Waals surface area contributed by atoms with Crippen LogP contribution in [0.25, 0.3) is 11.4 Å². The molecule has 0 bridgehead atoms. The van der Waals surface area contributed by atoms with Crippen LogP contribution in [-0.2, 0) is 0 Å². The summed E-state index contributed by atoms with van der Waals surface area (Å²) in [5.74, 6) is 1.26. The minimum atomic E-state index is -0.147. The standard InChI is InChI=1S/C20H20ClN5O2/c1-12-8-15(21)5-6-17(12)23-20(27)26-10-13(2)16(11-26)19-24-18(25-28-19)14-4-3-7-22-9-14/h3-9,13,16H,10-11H2,1-2H3,(H,23,27). The molecule has 0 saturated carbocycles. The van der Waals surface area contributed by atoms with Crippen molar-refractivity contribution >= 4 is 23.3 Å². The number of anilines is 1. The van der Waals surface area contributed by atoms with Crippen molar-refractivity contribution in [2.75, 3.05) is 18.4 Å². The number of aromatic nitrogens is 3. The van der Waals surface area contributed by atoms with Gasteiger partial charge in [-0.1, -0.05) is 23.7 Å². The van der Waals surface area contributed by atoms with Crippen molar-refractivity contribution in [3.05, 3.63) is 59.2 Å². The van der Waals surface area contributed by atoms with Gasteiger partial charge in [0, 0.05) is 41.8 Å². The van der Waals surface area contributed by atoms with Gasteiger partial charge < -0.3 is 14.7 Å². The van der Waals surface area contributed by atoms with Gasteiger partial charge in [0.1, 0.15) is 0 Å². The van der Waals surface area contributed by atoms with E-state index < -0.39 is 0 Å². The molecule has 144 valence electrons. The molecule has 0 radical (unpaired) electrons. The summed E-state index contributed by atoms with van der Waals surface area (Å²) in [6.45, 7) is 5.14. The number of carbonyl (C=O) groups is 1. The minimum Gasteiger partial charge on any atom is -0.339 e. The second kappa shape index (κ2) is 7.59. The highest BCUT2D eigenvalue weighted by Gasteiger charge is 2.37. The molecule has 1 N–H and O–H groups in total. The number of benzene rings is 1. The molecule has 4 rings (SSSR count). The predicted octanol–water partition coefficient (Wildman–Crippen LogP) is 4.36. The topological polar surface area (TPSA) is 84.2 Å². The summed E-state index contributed by atoms with van der Waals surface area (Å²) in [4.78, 5) is 23.1. The third-order valence-electron chi connectivity index (χ3n) is 5.01. The molecule has 3 aromatic rings. The van der Waals surface area contributed by atoms with E-state index in [-0.39, 0.29) is 17.9 Å². The Morgan fingerprint density at radius 1 is 1.32 bits per heavy atom. The third kappa shape index (κ3) is 3.71. The molecule has 8 heteroatoms. The van der Waals surface area contributed by atoms with Gasteiger partial charge in [0.05, 0.1) is 5.92 Å². The van der Waals surface area contributed by atoms with Crippen LogP contribution < -0.4 is 5.32 Å². The molecule has 1 aliphatic heterocycles. The van der Waals surface area contributed by atoms with Crippen LogP contribution >= 0.6 is 11.6 Å². The van der Waals surface area contributed by atoms with Crippen molar-refractivity contribution in [3.63, 3.8) is 0 Å². The first-order valence-electron chi connectivity index (χ1n) is 9.07. The quantitative estimate of drug-likeness (QED) is 0.709. The zero-order chi connectivity index (χ0) is 19.7. The summed E-state index contributed by atoms with van der Waals surface area (Å²) in [6.07, 6.45) is 3.39. The molecule has 1 aliphatic rings. The number of nitrogens with one attached hydrogen (secondary N) is 1. The molecular formula is C20H20ClN5O2. The highest BCUT2D eigenvalue weighted by molar-refractivity contribution is 6.30. The number of carbonyl (C=O) groups excluding carboxylic acids is 1. The Hall–Kier alpha value is -2.93. The van der Waals surface area contributed by atoms with Crippen molar-refractivity contribution in [2.45, 2.75) is 19.8 Å². The van der Waals surface area contributed by atoms with Crippen molar-refractivity contribution in [2.24, 2.45) is 5.92 Å². The first-order valence-corrected chi connectivity index (χ1v) is 9.45. The second-order valence-corrected chi connectivity index (χ2v) is 7.51. The molecule has 0 spiro atoms. The Kier molecular flexibility index (Phi) is 5.00. The van der Waals surface area contributed by atoms with E-state index in [0.29, 0.717) is 29.8 Å². The van der Waals surface area contributed by atoms with E-state index in [2.05, 4.69) is 27.4 Å². The lowest BCUT2D eigenvalue weighted by Crippen LogP contribution is -2.33. The van der Waals surface area contributed by atoms with Crippen molar-refractivity contribution in [1.29, 1.82) is 0 Å². The van der Waals surface area contributed by atoms with Crippen LogP contribution in [0.3, 0.4) is 0 Å². The van der Waals surface area contributed by atoms with E-state index >= 15 is 0 Å². The zero-order valence-corrected chi connectivity index (χ0v) is 16.3. The maximum atomic E-state index is 12.7. The number of aryl methyl sites for hydroxylation is 1. The fourth-order valence-electron chi connectivity index (χ4n) is 3.41. The van der Waals surface area contributed by atoms with Crippen LogP contribution in [-0.4, -0.2) is 39.1 Å². The van der Waals surface area contributed by atoms with E-state index in [4.69, 9.17) is 16.1 Å². The summed E-state index contributed by atoms with van der Waals surface area (Å²) < 4.78 is 5.49. The zero-order valence-electron chi connectivity index (χ0n) is 15.6. The van der Waals surface area contributed by atoms with E-state index in [1.54, 1.807) is 23.4 Å². The van der Waals surface area contributed by atoms with Crippen LogP contribution in [0.1, 0.15) is 24.3 Å². The Labute approximate surface area is 167 Å². The van der Waals surface area contributed by atoms with E-state index in [0.717, 1.165) is 16.8 Å². The minimum absolute atomic E-state index is 0.00464. The lowest BCUT2D eigenvalue weighted by Gasteiger charge is -2.18. The number of rotatable bonds is 3. The highest BCUT2D eigenvalue weighted by Crippen LogP contribution is 2.33. The molecule has 2 unspecified atom stereocenters. The number of halogens is 1. The Morgan fingerprint density at radius 3 is 2.93 bits per heavy atom. The number of urea groups is 1. The van der Waals surface area contributed by atoms with Gasteiger partial charge in [0.25, 0.3) is 0 Å². The highest BCUT2D eigenvalue weighted by atomic mass is 35.5. The SMILES string of the molecule is Cc1cc(Cl)ccc1NC(=O)N1CC(C)C(c2nc(-c3cccnc3)no2)C1. The largest absolute Gasteiger partial charge is 0.339 e. The summed E-state index contributed by atoms with van der Waals surface area (Å²) in [6, 6.07) is 8.96. The average molecular weight is 398 g/mol. The van der Waals surface area contributed by atoms with E-state index in [1.807, 2.05) is 31.2 Å². The van der Waals surface area contributed by atoms with Crippen LogP contribution in [0.4, 0.5) is 10.5 Å². The fourth-order valence-corrected chi connectivity index (χ4v) is 3.64. The maximum Gasteiger partial charge on any atom is 0.321 e. The van der Waals surface area contributed by atoms with Gasteiger partial charge in [0.15, 0.2) is 0 Å². The molecule has 1 saturated heterocycles. The Bertz CT molecular complexity index is 991. The van der Waals surface area contributed by atoms with Gasteiger partial charge in [-0.15, -0.1) is 0 Å². The first-order chi connectivity index (χ1) is 13.5. The average Bonchev–Trinajstić information content (AvgIpc) is 3.31. The Morgan fingerprint density at radius 2 is 2.18 bits per heavy atom. The van der Waals surface area contributed by atoms with Gasteiger partial charge in [-0.05, 0) is 48.7 Å². The van der Waals surface area contributed by atoms with Gasteiger partial charge >= 0.3 is 6.03 Å². The molecule has 3 heterocycles. The molecule has 2 amide bonds. The molecule has 28 heavy (non-hydrogen) atoms. The van der Waals surface area contributed by atoms with Gasteiger partial charge in [0.2, 0.25) is 11.7 Å². The van der Waals surface area contributed by atoms with Gasteiger partial charge in [-0.2, -0.15) is 4.98 Å². The second-order valence-electron chi connectivity index (χ2n) is 7.08. The van der Waals surface area contributed by atoms with Crippen molar-refractivity contribution in [3.8, 4) is 11.4 Å². The van der Waals surface area contributed by atoms with Crippen LogP contribution in [0.2, 0.25) is 5.02 Å². The fraction of sp³-hybridized carbons (Fsp3) is 0.300. The van der Waals surface area contributed by atoms with Gasteiger partial charge in [-0.3, -0.25) is 4.98 Å². The van der Waals surface area contributed by atoms with Crippen LogP contribution in [0.15, 0.2) is 47.2 Å². The van der Waals surface area contributed by atoms with Gasteiger partial charge in [-0.25, -0.2) is 4.79 Å². The number of hydrogen-bond donors (Lipinski definition) is 1. The smallest absolute Gasteiger partial charge is 0.321 e. The molecule has 2 atom stereocenters. The number of nitrogens with zero attached hydrogens (tertiary/aromatic N) is 4. The molecule has 0 aliphatic carbocycles. The first kappa shape index (κ1) is 18.4. The molecule has 2 aromatic heterocycles. The number of amides is 2. The molecule has 1 fully saturated rings. The Balaban J connectivity index is 1.46. The van der Waals surface area contributed by atoms with Crippen LogP contribution in [0, 0.1) is 12.8 Å². The lowest BCUT2D eigenvalue weighted by molar-refractivity contribution is 0.220. The van der Waals surface area contributed by atoms with E-state index in [9.17, 15) is 4.79 Å². The summed E-state index contributed by atoms with van der Waals surface area (Å²) in [5, 5.41) is 7.67. The third-order valence-corrected chi connectivity index (χ3v) is 5.24. The van der Waals surface area contributed by atoms with E-state index in [1.165, 1.54) is 0 Å². The maximum absolute atomic E-state index is 12.7. The van der Waals surface area contributed by atoms with Crippen molar-refractivity contribution < 1.29 is 9.32 Å².